The van der Waals surface area contributed by atoms with Crippen LogP contribution in [0.2, 0.25) is 0 Å². The minimum absolute atomic E-state index is 0.238. The highest BCUT2D eigenvalue weighted by molar-refractivity contribution is 5.90. The Kier molecular flexibility index (Phi) is 12.7. The number of unbranched alkanes of at least 4 members (excludes halogenated alkanes) is 12. The van der Waals surface area contributed by atoms with E-state index in [1.54, 1.807) is 6.07 Å². The lowest BCUT2D eigenvalue weighted by atomic mass is 10.0. The maximum Gasteiger partial charge on any atom is 0.339 e. The lowest BCUT2D eigenvalue weighted by Crippen LogP contribution is -2.01. The summed E-state index contributed by atoms with van der Waals surface area (Å²) in [5.41, 5.74) is 1.40. The molecule has 0 heterocycles. The van der Waals surface area contributed by atoms with Gasteiger partial charge in [-0.3, -0.25) is 0 Å². The number of aromatic carboxylic acids is 1. The molecule has 0 amide bonds. The summed E-state index contributed by atoms with van der Waals surface area (Å²) in [6.07, 6.45) is 18.6. The zero-order valence-corrected chi connectivity index (χ0v) is 16.9. The summed E-state index contributed by atoms with van der Waals surface area (Å²) in [5, 5.41) is 9.11. The minimum Gasteiger partial charge on any atom is -0.496 e. The molecule has 0 aromatic heterocycles. The normalized spacial score (nSPS) is 10.8. The highest BCUT2D eigenvalue weighted by Gasteiger charge is 2.10. The summed E-state index contributed by atoms with van der Waals surface area (Å²) in [7, 11) is 1.52. The zero-order valence-electron chi connectivity index (χ0n) is 16.9. The molecule has 1 aromatic carbocycles. The van der Waals surface area contributed by atoms with Gasteiger partial charge in [-0.05, 0) is 30.5 Å². The smallest absolute Gasteiger partial charge is 0.339 e. The Morgan fingerprint density at radius 1 is 0.846 bits per heavy atom. The van der Waals surface area contributed by atoms with E-state index < -0.39 is 5.97 Å². The molecule has 0 spiro atoms. The minimum atomic E-state index is -0.936. The maximum atomic E-state index is 11.1. The Hall–Kier alpha value is -1.51. The Morgan fingerprint density at radius 3 is 1.81 bits per heavy atom. The lowest BCUT2D eigenvalue weighted by molar-refractivity contribution is 0.0693. The molecule has 1 rings (SSSR count). The molecule has 0 saturated carbocycles. The first-order valence-corrected chi connectivity index (χ1v) is 10.6. The summed E-state index contributed by atoms with van der Waals surface area (Å²) < 4.78 is 5.19. The SMILES string of the molecule is CCCCCCCCCCCCCCCc1ccc(C(=O)O)c(OC)c1. The first-order valence-electron chi connectivity index (χ1n) is 10.6. The molecule has 0 unspecified atom stereocenters. The van der Waals surface area contributed by atoms with Gasteiger partial charge < -0.3 is 9.84 Å². The van der Waals surface area contributed by atoms with E-state index in [-0.39, 0.29) is 5.56 Å². The molecule has 1 aromatic rings. The highest BCUT2D eigenvalue weighted by atomic mass is 16.5. The third-order valence-corrected chi connectivity index (χ3v) is 5.07. The number of aryl methyl sites for hydroxylation is 1. The molecule has 0 aliphatic heterocycles. The summed E-state index contributed by atoms with van der Waals surface area (Å²) in [6.45, 7) is 2.27. The van der Waals surface area contributed by atoms with Crippen LogP contribution in [0.25, 0.3) is 0 Å². The van der Waals surface area contributed by atoms with Crippen LogP contribution < -0.4 is 4.74 Å². The Bertz CT molecular complexity index is 496. The predicted molar refractivity (Wildman–Crippen MR) is 109 cm³/mol. The van der Waals surface area contributed by atoms with Crippen molar-refractivity contribution in [3.05, 3.63) is 29.3 Å². The first-order chi connectivity index (χ1) is 12.7. The van der Waals surface area contributed by atoms with Crippen LogP contribution in [0.1, 0.15) is 106 Å². The Labute approximate surface area is 160 Å². The van der Waals surface area contributed by atoms with Crippen molar-refractivity contribution in [2.45, 2.75) is 96.8 Å². The first kappa shape index (κ1) is 22.5. The summed E-state index contributed by atoms with van der Waals surface area (Å²) >= 11 is 0. The van der Waals surface area contributed by atoms with Gasteiger partial charge in [0.1, 0.15) is 11.3 Å². The quantitative estimate of drug-likeness (QED) is 0.321. The molecule has 0 saturated heterocycles. The van der Waals surface area contributed by atoms with Gasteiger partial charge in [0, 0.05) is 0 Å². The number of carboxylic acid groups (broad SMARTS) is 1. The number of carboxylic acids is 1. The van der Waals surface area contributed by atoms with Gasteiger partial charge in [-0.25, -0.2) is 4.79 Å². The summed E-state index contributed by atoms with van der Waals surface area (Å²) in [4.78, 5) is 11.1. The molecular formula is C23H38O3. The number of ether oxygens (including phenoxy) is 1. The molecule has 0 aliphatic carbocycles. The number of hydrogen-bond acceptors (Lipinski definition) is 2. The topological polar surface area (TPSA) is 46.5 Å². The fourth-order valence-electron chi connectivity index (χ4n) is 3.41. The fraction of sp³-hybridized carbons (Fsp3) is 0.696. The molecule has 148 valence electrons. The molecule has 1 N–H and O–H groups in total. The molecule has 3 heteroatoms. The van der Waals surface area contributed by atoms with Gasteiger partial charge >= 0.3 is 5.97 Å². The van der Waals surface area contributed by atoms with Crippen LogP contribution in [-0.2, 0) is 6.42 Å². The molecule has 0 bridgehead atoms. The van der Waals surface area contributed by atoms with Crippen molar-refractivity contribution >= 4 is 5.97 Å². The summed E-state index contributed by atoms with van der Waals surface area (Å²) in [6, 6.07) is 5.43. The van der Waals surface area contributed by atoms with Crippen molar-refractivity contribution in [1.29, 1.82) is 0 Å². The molecule has 26 heavy (non-hydrogen) atoms. The van der Waals surface area contributed by atoms with Crippen LogP contribution in [0.15, 0.2) is 18.2 Å². The fourth-order valence-corrected chi connectivity index (χ4v) is 3.41. The molecule has 0 radical (unpaired) electrons. The number of hydrogen-bond donors (Lipinski definition) is 1. The van der Waals surface area contributed by atoms with Crippen LogP contribution in [0.5, 0.6) is 5.75 Å². The number of benzene rings is 1. The van der Waals surface area contributed by atoms with Gasteiger partial charge in [-0.1, -0.05) is 90.0 Å². The maximum absolute atomic E-state index is 11.1. The van der Waals surface area contributed by atoms with Crippen LogP contribution in [0.4, 0.5) is 0 Å². The molecule has 3 nitrogen and oxygen atoms in total. The van der Waals surface area contributed by atoms with Crippen LogP contribution in [0.3, 0.4) is 0 Å². The number of rotatable bonds is 16. The second kappa shape index (κ2) is 14.6. The van der Waals surface area contributed by atoms with Crippen LogP contribution >= 0.6 is 0 Å². The highest BCUT2D eigenvalue weighted by Crippen LogP contribution is 2.22. The van der Waals surface area contributed by atoms with Gasteiger partial charge in [-0.2, -0.15) is 0 Å². The van der Waals surface area contributed by atoms with Crippen molar-refractivity contribution in [2.24, 2.45) is 0 Å². The van der Waals surface area contributed by atoms with Crippen LogP contribution in [0, 0.1) is 0 Å². The molecule has 0 fully saturated rings. The number of methoxy groups -OCH3 is 1. The van der Waals surface area contributed by atoms with E-state index in [0.717, 1.165) is 18.4 Å². The van der Waals surface area contributed by atoms with E-state index in [1.807, 2.05) is 12.1 Å². The largest absolute Gasteiger partial charge is 0.496 e. The van der Waals surface area contributed by atoms with E-state index in [1.165, 1.54) is 84.2 Å². The van der Waals surface area contributed by atoms with Gasteiger partial charge in [0.2, 0.25) is 0 Å². The summed E-state index contributed by atoms with van der Waals surface area (Å²) in [5.74, 6) is -0.473. The van der Waals surface area contributed by atoms with Crippen LogP contribution in [-0.4, -0.2) is 18.2 Å². The molecular weight excluding hydrogens is 324 g/mol. The van der Waals surface area contributed by atoms with Crippen molar-refractivity contribution < 1.29 is 14.6 Å². The standard InChI is InChI=1S/C23H38O3/c1-3-4-5-6-7-8-9-10-11-12-13-14-15-16-20-17-18-21(23(24)25)22(19-20)26-2/h17-19H,3-16H2,1-2H3,(H,24,25). The average molecular weight is 363 g/mol. The van der Waals surface area contributed by atoms with E-state index in [4.69, 9.17) is 9.84 Å². The third-order valence-electron chi connectivity index (χ3n) is 5.07. The monoisotopic (exact) mass is 362 g/mol. The Morgan fingerprint density at radius 2 is 1.35 bits per heavy atom. The van der Waals surface area contributed by atoms with Gasteiger partial charge in [0.15, 0.2) is 0 Å². The molecule has 0 atom stereocenters. The van der Waals surface area contributed by atoms with Gasteiger partial charge in [-0.15, -0.1) is 0 Å². The van der Waals surface area contributed by atoms with Crippen molar-refractivity contribution in [1.82, 2.24) is 0 Å². The van der Waals surface area contributed by atoms with E-state index in [0.29, 0.717) is 5.75 Å². The van der Waals surface area contributed by atoms with E-state index in [9.17, 15) is 4.79 Å². The second-order valence-corrected chi connectivity index (χ2v) is 7.33. The van der Waals surface area contributed by atoms with E-state index >= 15 is 0 Å². The second-order valence-electron chi connectivity index (χ2n) is 7.33. The Balaban J connectivity index is 2.01. The van der Waals surface area contributed by atoms with Crippen molar-refractivity contribution in [3.8, 4) is 5.75 Å². The van der Waals surface area contributed by atoms with Gasteiger partial charge in [0.05, 0.1) is 7.11 Å². The van der Waals surface area contributed by atoms with Crippen molar-refractivity contribution in [2.75, 3.05) is 7.11 Å². The van der Waals surface area contributed by atoms with E-state index in [2.05, 4.69) is 6.92 Å². The van der Waals surface area contributed by atoms with Gasteiger partial charge in [0.25, 0.3) is 0 Å². The average Bonchev–Trinajstić information content (AvgIpc) is 2.65. The lowest BCUT2D eigenvalue weighted by Gasteiger charge is -2.08. The zero-order chi connectivity index (χ0) is 19.0. The number of carbonyl (C=O) groups is 1. The molecule has 0 aliphatic rings. The third kappa shape index (κ3) is 9.84. The van der Waals surface area contributed by atoms with Crippen molar-refractivity contribution in [3.63, 3.8) is 0 Å². The predicted octanol–water partition coefficient (Wildman–Crippen LogP) is 7.03.